The van der Waals surface area contributed by atoms with Crippen molar-refractivity contribution in [2.75, 3.05) is 41.7 Å². The lowest BCUT2D eigenvalue weighted by Crippen LogP contribution is -2.47. The molecule has 2 heterocycles. The summed E-state index contributed by atoms with van der Waals surface area (Å²) in [5.41, 5.74) is 10.6. The van der Waals surface area contributed by atoms with E-state index in [2.05, 4.69) is 33.8 Å². The number of para-hydroxylation sites is 2. The van der Waals surface area contributed by atoms with Gasteiger partial charge >= 0.3 is 0 Å². The molecule has 0 spiro atoms. The molecular weight excluding hydrogens is 248 g/mol. The topological polar surface area (TPSA) is 45.4 Å². The summed E-state index contributed by atoms with van der Waals surface area (Å²) in [5.74, 6) is 0. The highest BCUT2D eigenvalue weighted by Crippen LogP contribution is 2.26. The number of aromatic nitrogens is 1. The molecule has 1 aromatic carbocycles. The summed E-state index contributed by atoms with van der Waals surface area (Å²) in [6.07, 6.45) is 3.79. The van der Waals surface area contributed by atoms with Gasteiger partial charge < -0.3 is 15.5 Å². The van der Waals surface area contributed by atoms with Crippen LogP contribution in [0.1, 0.15) is 5.56 Å². The summed E-state index contributed by atoms with van der Waals surface area (Å²) in [5, 5.41) is 0. The molecular formula is C16H20N4. The Balaban J connectivity index is 1.72. The van der Waals surface area contributed by atoms with E-state index in [1.807, 2.05) is 30.6 Å². The van der Waals surface area contributed by atoms with Crippen LogP contribution >= 0.6 is 0 Å². The van der Waals surface area contributed by atoms with Crippen LogP contribution in [0.2, 0.25) is 0 Å². The van der Waals surface area contributed by atoms with Gasteiger partial charge in [-0.2, -0.15) is 0 Å². The minimum atomic E-state index is 0.862. The highest BCUT2D eigenvalue weighted by Gasteiger charge is 2.19. The summed E-state index contributed by atoms with van der Waals surface area (Å²) >= 11 is 0. The molecule has 0 saturated carbocycles. The van der Waals surface area contributed by atoms with E-state index in [1.165, 1.54) is 11.3 Å². The van der Waals surface area contributed by atoms with Crippen LogP contribution in [0.5, 0.6) is 0 Å². The van der Waals surface area contributed by atoms with Gasteiger partial charge in [-0.15, -0.1) is 0 Å². The summed E-state index contributed by atoms with van der Waals surface area (Å²) in [6.45, 7) is 6.13. The highest BCUT2D eigenvalue weighted by molar-refractivity contribution is 5.68. The Hall–Kier alpha value is -2.23. The number of hydrogen-bond acceptors (Lipinski definition) is 4. The molecule has 2 aromatic rings. The fourth-order valence-electron chi connectivity index (χ4n) is 2.78. The minimum Gasteiger partial charge on any atom is -0.397 e. The fourth-order valence-corrected chi connectivity index (χ4v) is 2.78. The van der Waals surface area contributed by atoms with Crippen molar-refractivity contribution in [1.29, 1.82) is 0 Å². The molecule has 104 valence electrons. The predicted octanol–water partition coefficient (Wildman–Crippen LogP) is 2.30. The van der Waals surface area contributed by atoms with Crippen molar-refractivity contribution in [2.45, 2.75) is 6.92 Å². The molecule has 0 amide bonds. The van der Waals surface area contributed by atoms with Gasteiger partial charge in [-0.05, 0) is 30.7 Å². The summed E-state index contributed by atoms with van der Waals surface area (Å²) < 4.78 is 0. The third-order valence-corrected chi connectivity index (χ3v) is 3.89. The molecule has 4 heteroatoms. The molecule has 1 aliphatic rings. The molecule has 1 fully saturated rings. The monoisotopic (exact) mass is 268 g/mol. The smallest absolute Gasteiger partial charge is 0.0601 e. The van der Waals surface area contributed by atoms with Crippen LogP contribution in [0.3, 0.4) is 0 Å². The van der Waals surface area contributed by atoms with E-state index in [9.17, 15) is 0 Å². The third kappa shape index (κ3) is 2.41. The van der Waals surface area contributed by atoms with Crippen LogP contribution in [-0.2, 0) is 0 Å². The van der Waals surface area contributed by atoms with E-state index in [4.69, 9.17) is 5.73 Å². The van der Waals surface area contributed by atoms with Crippen LogP contribution in [-0.4, -0.2) is 31.2 Å². The van der Waals surface area contributed by atoms with E-state index < -0.39 is 0 Å². The van der Waals surface area contributed by atoms with Gasteiger partial charge in [-0.25, -0.2) is 0 Å². The van der Waals surface area contributed by atoms with E-state index in [0.29, 0.717) is 0 Å². The van der Waals surface area contributed by atoms with Crippen LogP contribution < -0.4 is 15.5 Å². The Morgan fingerprint density at radius 2 is 1.60 bits per heavy atom. The zero-order valence-electron chi connectivity index (χ0n) is 11.8. The first-order valence-electron chi connectivity index (χ1n) is 7.01. The van der Waals surface area contributed by atoms with Crippen molar-refractivity contribution in [3.8, 4) is 0 Å². The van der Waals surface area contributed by atoms with Gasteiger partial charge in [0.1, 0.15) is 0 Å². The Morgan fingerprint density at radius 3 is 2.25 bits per heavy atom. The molecule has 0 radical (unpaired) electrons. The molecule has 3 rings (SSSR count). The second-order valence-corrected chi connectivity index (χ2v) is 5.20. The number of pyridine rings is 1. The normalized spacial score (nSPS) is 15.4. The summed E-state index contributed by atoms with van der Waals surface area (Å²) in [4.78, 5) is 8.95. The maximum atomic E-state index is 6.06. The lowest BCUT2D eigenvalue weighted by molar-refractivity contribution is 0.652. The van der Waals surface area contributed by atoms with Crippen molar-refractivity contribution in [3.63, 3.8) is 0 Å². The maximum absolute atomic E-state index is 6.06. The molecule has 1 aromatic heterocycles. The number of benzene rings is 1. The molecule has 1 saturated heterocycles. The number of anilines is 3. The summed E-state index contributed by atoms with van der Waals surface area (Å²) in [7, 11) is 0. The Labute approximate surface area is 119 Å². The van der Waals surface area contributed by atoms with Crippen molar-refractivity contribution in [3.05, 3.63) is 48.3 Å². The van der Waals surface area contributed by atoms with Gasteiger partial charge in [0.15, 0.2) is 0 Å². The average molecular weight is 268 g/mol. The van der Waals surface area contributed by atoms with Crippen LogP contribution in [0, 0.1) is 6.92 Å². The fraction of sp³-hybridized carbons (Fsp3) is 0.312. The molecule has 1 aliphatic heterocycles. The number of piperazine rings is 1. The highest BCUT2D eigenvalue weighted by atomic mass is 15.3. The van der Waals surface area contributed by atoms with Gasteiger partial charge in [0.25, 0.3) is 0 Å². The van der Waals surface area contributed by atoms with Crippen molar-refractivity contribution >= 4 is 17.1 Å². The quantitative estimate of drug-likeness (QED) is 0.849. The minimum absolute atomic E-state index is 0.862. The molecule has 0 atom stereocenters. The largest absolute Gasteiger partial charge is 0.397 e. The van der Waals surface area contributed by atoms with Gasteiger partial charge in [0.2, 0.25) is 0 Å². The molecule has 0 bridgehead atoms. The van der Waals surface area contributed by atoms with Crippen LogP contribution in [0.15, 0.2) is 42.7 Å². The third-order valence-electron chi connectivity index (χ3n) is 3.89. The van der Waals surface area contributed by atoms with E-state index >= 15 is 0 Å². The molecule has 20 heavy (non-hydrogen) atoms. The molecule has 0 unspecified atom stereocenters. The van der Waals surface area contributed by atoms with Crippen molar-refractivity contribution in [1.82, 2.24) is 4.98 Å². The lowest BCUT2D eigenvalue weighted by atomic mass is 10.2. The number of nitrogens with zero attached hydrogens (tertiary/aromatic N) is 3. The van der Waals surface area contributed by atoms with Crippen LogP contribution in [0.25, 0.3) is 0 Å². The SMILES string of the molecule is Cc1cnccc1N1CCN(c2ccccc2N)CC1. The van der Waals surface area contributed by atoms with E-state index in [-0.39, 0.29) is 0 Å². The van der Waals surface area contributed by atoms with E-state index in [1.54, 1.807) is 0 Å². The Kier molecular flexibility index (Phi) is 3.46. The van der Waals surface area contributed by atoms with Crippen LogP contribution in [0.4, 0.5) is 17.1 Å². The lowest BCUT2D eigenvalue weighted by Gasteiger charge is -2.38. The Morgan fingerprint density at radius 1 is 0.950 bits per heavy atom. The summed E-state index contributed by atoms with van der Waals surface area (Å²) in [6, 6.07) is 10.2. The van der Waals surface area contributed by atoms with Crippen molar-refractivity contribution < 1.29 is 0 Å². The second kappa shape index (κ2) is 5.41. The molecule has 0 aliphatic carbocycles. The van der Waals surface area contributed by atoms with Gasteiger partial charge in [-0.1, -0.05) is 12.1 Å². The first kappa shape index (κ1) is 12.8. The standard InChI is InChI=1S/C16H20N4/c1-13-12-18-7-6-15(13)19-8-10-20(11-9-19)16-5-3-2-4-14(16)17/h2-7,12H,8-11,17H2,1H3. The number of hydrogen-bond donors (Lipinski definition) is 1. The number of nitrogen functional groups attached to an aromatic ring is 1. The number of nitrogens with two attached hydrogens (primary N) is 1. The van der Waals surface area contributed by atoms with Gasteiger partial charge in [-0.3, -0.25) is 4.98 Å². The molecule has 2 N–H and O–H groups in total. The Bertz CT molecular complexity index is 535. The van der Waals surface area contributed by atoms with Gasteiger partial charge in [0, 0.05) is 44.3 Å². The van der Waals surface area contributed by atoms with E-state index in [0.717, 1.165) is 37.6 Å². The maximum Gasteiger partial charge on any atom is 0.0601 e. The van der Waals surface area contributed by atoms with Crippen molar-refractivity contribution in [2.24, 2.45) is 0 Å². The zero-order valence-corrected chi connectivity index (χ0v) is 11.8. The first-order chi connectivity index (χ1) is 9.75. The second-order valence-electron chi connectivity index (χ2n) is 5.20. The average Bonchev–Trinajstić information content (AvgIpc) is 2.49. The number of aryl methyl sites for hydroxylation is 1. The molecule has 4 nitrogen and oxygen atoms in total. The number of rotatable bonds is 2. The first-order valence-corrected chi connectivity index (χ1v) is 7.01. The zero-order chi connectivity index (χ0) is 13.9. The van der Waals surface area contributed by atoms with Gasteiger partial charge in [0.05, 0.1) is 11.4 Å². The predicted molar refractivity (Wildman–Crippen MR) is 84.3 cm³/mol.